The van der Waals surface area contributed by atoms with Crippen molar-refractivity contribution in [3.05, 3.63) is 23.3 Å². The molecule has 0 aromatic rings. The fraction of sp³-hybridized carbons (Fsp3) is 0.778. The summed E-state index contributed by atoms with van der Waals surface area (Å²) >= 11 is 0. The number of fused-ring (bicyclic) bond motifs is 2. The fourth-order valence-corrected chi connectivity index (χ4v) is 9.20. The lowest BCUT2D eigenvalue weighted by atomic mass is 9.53. The molecular formula is C36H56O7. The number of aldehydes is 1. The zero-order chi connectivity index (χ0) is 32.3. The van der Waals surface area contributed by atoms with E-state index in [-0.39, 0.29) is 41.4 Å². The first-order valence-corrected chi connectivity index (χ1v) is 16.3. The first kappa shape index (κ1) is 35.0. The Morgan fingerprint density at radius 2 is 1.53 bits per heavy atom. The van der Waals surface area contributed by atoms with Gasteiger partial charge >= 0.3 is 17.9 Å². The maximum Gasteiger partial charge on any atom is 0.303 e. The van der Waals surface area contributed by atoms with Gasteiger partial charge in [-0.15, -0.1) is 0 Å². The molecule has 0 N–H and O–H groups in total. The third-order valence-corrected chi connectivity index (χ3v) is 11.4. The number of ether oxygens (including phenoxy) is 3. The van der Waals surface area contributed by atoms with Gasteiger partial charge in [0.05, 0.1) is 5.92 Å². The summed E-state index contributed by atoms with van der Waals surface area (Å²) in [4.78, 5) is 49.6. The van der Waals surface area contributed by atoms with Crippen LogP contribution in [0, 0.1) is 39.9 Å². The summed E-state index contributed by atoms with van der Waals surface area (Å²) in [5.74, 6) is -0.713. The van der Waals surface area contributed by atoms with Crippen LogP contribution in [0.5, 0.6) is 0 Å². The van der Waals surface area contributed by atoms with Crippen LogP contribution in [-0.4, -0.2) is 42.5 Å². The average Bonchev–Trinajstić information content (AvgIpc) is 3.12. The molecular weight excluding hydrogens is 544 g/mol. The zero-order valence-corrected chi connectivity index (χ0v) is 28.3. The van der Waals surface area contributed by atoms with Crippen molar-refractivity contribution >= 4 is 24.2 Å². The Hall–Kier alpha value is -2.44. The van der Waals surface area contributed by atoms with E-state index in [2.05, 4.69) is 40.7 Å². The fourth-order valence-electron chi connectivity index (χ4n) is 9.20. The van der Waals surface area contributed by atoms with Crippen molar-refractivity contribution in [3.8, 4) is 0 Å². The summed E-state index contributed by atoms with van der Waals surface area (Å²) in [6.45, 7) is 19.4. The number of hydrogen-bond acceptors (Lipinski definition) is 7. The van der Waals surface area contributed by atoms with Crippen molar-refractivity contribution in [2.45, 2.75) is 139 Å². The maximum absolute atomic E-state index is 13.2. The van der Waals surface area contributed by atoms with Gasteiger partial charge in [-0.2, -0.15) is 0 Å². The maximum atomic E-state index is 13.2. The Morgan fingerprint density at radius 1 is 0.884 bits per heavy atom. The molecule has 0 aromatic heterocycles. The molecule has 0 bridgehead atoms. The summed E-state index contributed by atoms with van der Waals surface area (Å²) in [5.41, 5.74) is 1.17. The first-order chi connectivity index (χ1) is 20.0. The van der Waals surface area contributed by atoms with E-state index in [1.54, 1.807) is 0 Å². The number of carbonyl (C=O) groups excluding carboxylic acids is 4. The topological polar surface area (TPSA) is 96.0 Å². The number of rotatable bonds is 8. The van der Waals surface area contributed by atoms with Gasteiger partial charge < -0.3 is 19.0 Å². The summed E-state index contributed by atoms with van der Waals surface area (Å²) in [6, 6.07) is 0. The van der Waals surface area contributed by atoms with E-state index in [1.807, 2.05) is 19.9 Å². The lowest BCUT2D eigenvalue weighted by Gasteiger charge is -2.52. The Labute approximate surface area is 259 Å². The molecule has 3 rings (SSSR count). The van der Waals surface area contributed by atoms with Crippen LogP contribution in [0.1, 0.15) is 121 Å². The van der Waals surface area contributed by atoms with Crippen LogP contribution < -0.4 is 0 Å². The largest absolute Gasteiger partial charge is 0.462 e. The van der Waals surface area contributed by atoms with E-state index in [0.717, 1.165) is 68.8 Å². The predicted molar refractivity (Wildman–Crippen MR) is 167 cm³/mol. The van der Waals surface area contributed by atoms with E-state index in [1.165, 1.54) is 20.8 Å². The van der Waals surface area contributed by atoms with Gasteiger partial charge in [-0.1, -0.05) is 52.2 Å². The molecule has 0 saturated heterocycles. The van der Waals surface area contributed by atoms with Crippen LogP contribution in [0.25, 0.3) is 0 Å². The number of allylic oxidation sites excluding steroid dienone is 1. The molecule has 9 atom stereocenters. The Morgan fingerprint density at radius 3 is 2.09 bits per heavy atom. The van der Waals surface area contributed by atoms with Crippen molar-refractivity contribution in [2.75, 3.05) is 0 Å². The molecule has 0 spiro atoms. The van der Waals surface area contributed by atoms with E-state index in [0.29, 0.717) is 5.92 Å². The normalized spacial score (nSPS) is 36.3. The highest BCUT2D eigenvalue weighted by atomic mass is 16.6. The molecule has 7 heteroatoms. The number of hydrogen-bond donors (Lipinski definition) is 0. The lowest BCUT2D eigenvalue weighted by Crippen LogP contribution is -2.50. The Kier molecular flexibility index (Phi) is 11.2. The van der Waals surface area contributed by atoms with Gasteiger partial charge in [-0.05, 0) is 99.5 Å². The third kappa shape index (κ3) is 7.45. The van der Waals surface area contributed by atoms with Gasteiger partial charge in [-0.25, -0.2) is 0 Å². The summed E-state index contributed by atoms with van der Waals surface area (Å²) in [5, 5.41) is 0. The van der Waals surface area contributed by atoms with Gasteiger partial charge in [0.1, 0.15) is 24.6 Å². The second kappa shape index (κ2) is 13.7. The molecule has 0 amide bonds. The molecule has 3 aliphatic carbocycles. The van der Waals surface area contributed by atoms with E-state index in [9.17, 15) is 19.2 Å². The average molecular weight is 601 g/mol. The SMILES string of the molecule is CC(=O)OC(C=C(C)C)C[C@@H](C)C1CC[C@@]2(C)C(C=O)C(OC(C)=O)/C=C3\[C@H](CCCC12C)CCC(OC(C)=O)C3(C)C. The molecule has 0 aliphatic heterocycles. The predicted octanol–water partition coefficient (Wildman–Crippen LogP) is 7.56. The summed E-state index contributed by atoms with van der Waals surface area (Å²) in [7, 11) is 0. The number of esters is 3. The first-order valence-electron chi connectivity index (χ1n) is 16.3. The molecule has 0 heterocycles. The minimum Gasteiger partial charge on any atom is -0.462 e. The van der Waals surface area contributed by atoms with E-state index >= 15 is 0 Å². The highest BCUT2D eigenvalue weighted by molar-refractivity contribution is 5.68. The molecule has 2 fully saturated rings. The monoisotopic (exact) mass is 600 g/mol. The second-order valence-corrected chi connectivity index (χ2v) is 14.9. The van der Waals surface area contributed by atoms with Crippen LogP contribution in [0.15, 0.2) is 23.3 Å². The molecule has 2 saturated carbocycles. The van der Waals surface area contributed by atoms with Gasteiger partial charge in [0.15, 0.2) is 0 Å². The molecule has 7 nitrogen and oxygen atoms in total. The summed E-state index contributed by atoms with van der Waals surface area (Å²) < 4.78 is 17.5. The molecule has 3 aliphatic rings. The van der Waals surface area contributed by atoms with Crippen molar-refractivity contribution in [3.63, 3.8) is 0 Å². The van der Waals surface area contributed by atoms with Crippen molar-refractivity contribution in [1.82, 2.24) is 0 Å². The lowest BCUT2D eigenvalue weighted by molar-refractivity contribution is -0.155. The minimum absolute atomic E-state index is 0.196. The Bertz CT molecular complexity index is 1110. The van der Waals surface area contributed by atoms with Crippen LogP contribution in [0.4, 0.5) is 0 Å². The van der Waals surface area contributed by atoms with Gasteiger partial charge in [-0.3, -0.25) is 14.4 Å². The van der Waals surface area contributed by atoms with Crippen molar-refractivity contribution in [1.29, 1.82) is 0 Å². The molecule has 0 radical (unpaired) electrons. The molecule has 242 valence electrons. The minimum atomic E-state index is -0.709. The van der Waals surface area contributed by atoms with Crippen molar-refractivity contribution < 1.29 is 33.4 Å². The Balaban J connectivity index is 2.08. The second-order valence-electron chi connectivity index (χ2n) is 14.9. The third-order valence-electron chi connectivity index (χ3n) is 11.4. The molecule has 6 unspecified atom stereocenters. The van der Waals surface area contributed by atoms with Crippen LogP contribution in [0.2, 0.25) is 0 Å². The molecule has 0 aromatic carbocycles. The van der Waals surface area contributed by atoms with Crippen LogP contribution >= 0.6 is 0 Å². The zero-order valence-electron chi connectivity index (χ0n) is 28.3. The van der Waals surface area contributed by atoms with Crippen molar-refractivity contribution in [2.24, 2.45) is 39.9 Å². The quantitative estimate of drug-likeness (QED) is 0.123. The van der Waals surface area contributed by atoms with Gasteiger partial charge in [0, 0.05) is 26.2 Å². The van der Waals surface area contributed by atoms with Gasteiger partial charge in [0.25, 0.3) is 0 Å². The van der Waals surface area contributed by atoms with Gasteiger partial charge in [0.2, 0.25) is 0 Å². The van der Waals surface area contributed by atoms with Crippen LogP contribution in [-0.2, 0) is 33.4 Å². The van der Waals surface area contributed by atoms with E-state index < -0.39 is 28.8 Å². The number of carbonyl (C=O) groups is 4. The van der Waals surface area contributed by atoms with Crippen LogP contribution in [0.3, 0.4) is 0 Å². The van der Waals surface area contributed by atoms with E-state index in [4.69, 9.17) is 14.2 Å². The highest BCUT2D eigenvalue weighted by Gasteiger charge is 2.60. The summed E-state index contributed by atoms with van der Waals surface area (Å²) in [6.07, 6.45) is 11.0. The smallest absolute Gasteiger partial charge is 0.303 e. The molecule has 43 heavy (non-hydrogen) atoms. The standard InChI is InChI=1S/C36H56O7/c1-22(2)18-28(41-24(4)38)19-23(3)29-15-17-36(10)31(21-37)32(42-25(5)39)20-30-27(12-11-16-35(29,36)9)13-14-33(34(30,7)8)43-26(6)40/h18,20-21,23,27-29,31-33H,11-17,19H2,1-10H3/b30-20+/t23-,27-,28?,29?,31?,32?,33?,35?,36+/m1/s1. The highest BCUT2D eigenvalue weighted by Crippen LogP contribution is 2.65.